The van der Waals surface area contributed by atoms with E-state index in [0.29, 0.717) is 13.1 Å². The zero-order valence-corrected chi connectivity index (χ0v) is 10.7. The van der Waals surface area contributed by atoms with Gasteiger partial charge in [-0.25, -0.2) is 4.98 Å². The molecule has 0 saturated carbocycles. The average molecular weight is 244 g/mol. The largest absolute Gasteiger partial charge is 0.342 e. The number of alkyl halides is 1. The molecule has 5 heteroatoms. The predicted octanol–water partition coefficient (Wildman–Crippen LogP) is 2.05. The van der Waals surface area contributed by atoms with Gasteiger partial charge >= 0.3 is 0 Å². The van der Waals surface area contributed by atoms with E-state index in [2.05, 4.69) is 4.98 Å². The third kappa shape index (κ3) is 2.55. The van der Waals surface area contributed by atoms with Gasteiger partial charge in [-0.05, 0) is 20.8 Å². The molecule has 0 aliphatic rings. The molecule has 0 fully saturated rings. The third-order valence-electron chi connectivity index (χ3n) is 2.64. The molecule has 90 valence electrons. The average Bonchev–Trinajstić information content (AvgIpc) is 2.77. The Bertz CT molecular complexity index is 347. The number of imidazole rings is 1. The number of amides is 1. The van der Waals surface area contributed by atoms with Crippen LogP contribution in [0.4, 0.5) is 0 Å². The van der Waals surface area contributed by atoms with Gasteiger partial charge < -0.3 is 9.47 Å². The molecule has 0 aliphatic heterocycles. The summed E-state index contributed by atoms with van der Waals surface area (Å²) in [7, 11) is 0. The normalized spacial score (nSPS) is 12.5. The lowest BCUT2D eigenvalue weighted by atomic mass is 10.2. The van der Waals surface area contributed by atoms with Gasteiger partial charge in [0.15, 0.2) is 5.38 Å². The number of carbonyl (C=O) groups is 1. The molecule has 0 bridgehead atoms. The van der Waals surface area contributed by atoms with E-state index < -0.39 is 5.38 Å². The Kier molecular flexibility index (Phi) is 4.80. The fourth-order valence-electron chi connectivity index (χ4n) is 1.63. The number of aromatic nitrogens is 2. The Morgan fingerprint density at radius 3 is 2.62 bits per heavy atom. The highest BCUT2D eigenvalue weighted by molar-refractivity contribution is 6.30. The van der Waals surface area contributed by atoms with Crippen molar-refractivity contribution in [3.8, 4) is 0 Å². The second-order valence-electron chi connectivity index (χ2n) is 3.48. The molecule has 0 spiro atoms. The molecule has 1 rings (SSSR count). The maximum absolute atomic E-state index is 12.0. The van der Waals surface area contributed by atoms with Crippen LogP contribution in [-0.4, -0.2) is 33.4 Å². The van der Waals surface area contributed by atoms with Gasteiger partial charge in [0.05, 0.1) is 18.2 Å². The van der Waals surface area contributed by atoms with Crippen LogP contribution < -0.4 is 0 Å². The second kappa shape index (κ2) is 5.89. The third-order valence-corrected chi connectivity index (χ3v) is 3.05. The molecular weight excluding hydrogens is 226 g/mol. The highest BCUT2D eigenvalue weighted by Crippen LogP contribution is 2.22. The SMILES string of the molecule is CCN(CC)C(=O)C(Cl)c1cncn1CC. The zero-order chi connectivity index (χ0) is 12.1. The van der Waals surface area contributed by atoms with Crippen molar-refractivity contribution in [3.05, 3.63) is 18.2 Å². The van der Waals surface area contributed by atoms with Crippen molar-refractivity contribution in [2.75, 3.05) is 13.1 Å². The van der Waals surface area contributed by atoms with Crippen LogP contribution in [0.15, 0.2) is 12.5 Å². The van der Waals surface area contributed by atoms with Gasteiger partial charge in [0.2, 0.25) is 5.91 Å². The van der Waals surface area contributed by atoms with E-state index in [1.165, 1.54) is 0 Å². The monoisotopic (exact) mass is 243 g/mol. The molecule has 0 radical (unpaired) electrons. The predicted molar refractivity (Wildman–Crippen MR) is 64.4 cm³/mol. The summed E-state index contributed by atoms with van der Waals surface area (Å²) in [4.78, 5) is 17.8. The number of nitrogens with zero attached hydrogens (tertiary/aromatic N) is 3. The van der Waals surface area contributed by atoms with Crippen LogP contribution in [0.5, 0.6) is 0 Å². The summed E-state index contributed by atoms with van der Waals surface area (Å²) in [5.41, 5.74) is 0.765. The number of hydrogen-bond donors (Lipinski definition) is 0. The van der Waals surface area contributed by atoms with Crippen molar-refractivity contribution in [2.45, 2.75) is 32.7 Å². The standard InChI is InChI=1S/C11H18ClN3O/c1-4-14(5-2)11(16)10(12)9-7-13-8-15(9)6-3/h7-8,10H,4-6H2,1-3H3. The molecule has 1 aromatic heterocycles. The van der Waals surface area contributed by atoms with E-state index in [1.54, 1.807) is 17.4 Å². The summed E-state index contributed by atoms with van der Waals surface area (Å²) >= 11 is 6.18. The van der Waals surface area contributed by atoms with Crippen molar-refractivity contribution < 1.29 is 4.79 Å². The van der Waals surface area contributed by atoms with Gasteiger partial charge in [0, 0.05) is 19.6 Å². The lowest BCUT2D eigenvalue weighted by Gasteiger charge is -2.22. The van der Waals surface area contributed by atoms with Gasteiger partial charge in [-0.3, -0.25) is 4.79 Å². The van der Waals surface area contributed by atoms with Crippen molar-refractivity contribution in [1.82, 2.24) is 14.5 Å². The Balaban J connectivity index is 2.85. The second-order valence-corrected chi connectivity index (χ2v) is 3.91. The van der Waals surface area contributed by atoms with E-state index in [1.807, 2.05) is 25.3 Å². The van der Waals surface area contributed by atoms with E-state index in [4.69, 9.17) is 11.6 Å². The van der Waals surface area contributed by atoms with E-state index in [0.717, 1.165) is 12.2 Å². The molecule has 0 N–H and O–H groups in total. The topological polar surface area (TPSA) is 38.1 Å². The Morgan fingerprint density at radius 1 is 1.50 bits per heavy atom. The number of rotatable bonds is 5. The van der Waals surface area contributed by atoms with Crippen molar-refractivity contribution in [3.63, 3.8) is 0 Å². The van der Waals surface area contributed by atoms with E-state index >= 15 is 0 Å². The van der Waals surface area contributed by atoms with Crippen molar-refractivity contribution in [1.29, 1.82) is 0 Å². The first kappa shape index (κ1) is 13.0. The Hall–Kier alpha value is -1.03. The Labute approximate surface area is 101 Å². The summed E-state index contributed by atoms with van der Waals surface area (Å²) in [6, 6.07) is 0. The van der Waals surface area contributed by atoms with Crippen molar-refractivity contribution in [2.24, 2.45) is 0 Å². The fourth-order valence-corrected chi connectivity index (χ4v) is 1.95. The van der Waals surface area contributed by atoms with Crippen LogP contribution in [0.1, 0.15) is 31.8 Å². The summed E-state index contributed by atoms with van der Waals surface area (Å²) in [5.74, 6) is -0.0538. The van der Waals surface area contributed by atoms with E-state index in [9.17, 15) is 4.79 Å². The zero-order valence-electron chi connectivity index (χ0n) is 9.98. The van der Waals surface area contributed by atoms with Crippen LogP contribution in [0.3, 0.4) is 0 Å². The lowest BCUT2D eigenvalue weighted by Crippen LogP contribution is -2.33. The molecule has 0 saturated heterocycles. The lowest BCUT2D eigenvalue weighted by molar-refractivity contribution is -0.130. The highest BCUT2D eigenvalue weighted by Gasteiger charge is 2.24. The first-order chi connectivity index (χ1) is 7.65. The quantitative estimate of drug-likeness (QED) is 0.743. The first-order valence-corrected chi connectivity index (χ1v) is 6.02. The summed E-state index contributed by atoms with van der Waals surface area (Å²) in [5, 5.41) is -0.637. The van der Waals surface area contributed by atoms with Gasteiger partial charge in [-0.1, -0.05) is 0 Å². The molecular formula is C11H18ClN3O. The van der Waals surface area contributed by atoms with Crippen LogP contribution in [0, 0.1) is 0 Å². The first-order valence-electron chi connectivity index (χ1n) is 5.58. The molecule has 4 nitrogen and oxygen atoms in total. The molecule has 1 aromatic rings. The molecule has 1 heterocycles. The van der Waals surface area contributed by atoms with Gasteiger partial charge in [-0.2, -0.15) is 0 Å². The van der Waals surface area contributed by atoms with Crippen LogP contribution in [0.25, 0.3) is 0 Å². The number of halogens is 1. The molecule has 1 amide bonds. The smallest absolute Gasteiger partial charge is 0.246 e. The van der Waals surface area contributed by atoms with Crippen molar-refractivity contribution >= 4 is 17.5 Å². The molecule has 1 unspecified atom stereocenters. The maximum atomic E-state index is 12.0. The number of likely N-dealkylation sites (N-methyl/N-ethyl adjacent to an activating group) is 1. The number of hydrogen-bond acceptors (Lipinski definition) is 2. The molecule has 0 aliphatic carbocycles. The summed E-state index contributed by atoms with van der Waals surface area (Å²) in [6.07, 6.45) is 3.35. The summed E-state index contributed by atoms with van der Waals surface area (Å²) in [6.45, 7) is 8.02. The number of aryl methyl sites for hydroxylation is 1. The minimum Gasteiger partial charge on any atom is -0.342 e. The molecule has 16 heavy (non-hydrogen) atoms. The van der Waals surface area contributed by atoms with Gasteiger partial charge in [0.25, 0.3) is 0 Å². The minimum atomic E-state index is -0.637. The van der Waals surface area contributed by atoms with Crippen LogP contribution >= 0.6 is 11.6 Å². The van der Waals surface area contributed by atoms with Crippen LogP contribution in [0.2, 0.25) is 0 Å². The van der Waals surface area contributed by atoms with E-state index in [-0.39, 0.29) is 5.91 Å². The molecule has 0 aromatic carbocycles. The minimum absolute atomic E-state index is 0.0538. The van der Waals surface area contributed by atoms with Crippen LogP contribution in [-0.2, 0) is 11.3 Å². The highest BCUT2D eigenvalue weighted by atomic mass is 35.5. The number of carbonyl (C=O) groups excluding carboxylic acids is 1. The maximum Gasteiger partial charge on any atom is 0.246 e. The fraction of sp³-hybridized carbons (Fsp3) is 0.636. The molecule has 1 atom stereocenters. The Morgan fingerprint density at radius 2 is 2.12 bits per heavy atom. The summed E-state index contributed by atoms with van der Waals surface area (Å²) < 4.78 is 1.89. The van der Waals surface area contributed by atoms with Gasteiger partial charge in [-0.15, -0.1) is 11.6 Å². The van der Waals surface area contributed by atoms with Gasteiger partial charge in [0.1, 0.15) is 0 Å².